The lowest BCUT2D eigenvalue weighted by Crippen LogP contribution is -2.30. The Labute approximate surface area is 83.9 Å². The van der Waals surface area contributed by atoms with Crippen LogP contribution in [0.15, 0.2) is 5.10 Å². The molecule has 0 aromatic rings. The number of nitrogens with zero attached hydrogens (tertiary/aromatic N) is 1. The maximum absolute atomic E-state index is 10.6. The van der Waals surface area contributed by atoms with Crippen molar-refractivity contribution in [2.24, 2.45) is 22.2 Å². The van der Waals surface area contributed by atoms with Gasteiger partial charge < -0.3 is 5.73 Å². The van der Waals surface area contributed by atoms with Gasteiger partial charge in [0, 0.05) is 11.1 Å². The van der Waals surface area contributed by atoms with E-state index in [4.69, 9.17) is 5.73 Å². The highest BCUT2D eigenvalue weighted by atomic mass is 16.2. The molecule has 0 aromatic heterocycles. The molecule has 0 saturated heterocycles. The van der Waals surface area contributed by atoms with E-state index in [1.807, 2.05) is 0 Å². The zero-order valence-corrected chi connectivity index (χ0v) is 8.55. The Morgan fingerprint density at radius 3 is 3.14 bits per heavy atom. The number of fused-ring (bicyclic) bond motifs is 1. The number of carbonyl (C=O) groups excluding carboxylic acids is 1. The Kier molecular flexibility index (Phi) is 2.21. The largest absolute Gasteiger partial charge is 0.350 e. The minimum absolute atomic E-state index is 0.239. The van der Waals surface area contributed by atoms with Crippen molar-refractivity contribution < 1.29 is 4.79 Å². The molecule has 0 bridgehead atoms. The summed E-state index contributed by atoms with van der Waals surface area (Å²) in [6.45, 7) is 2.26. The average molecular weight is 195 g/mol. The third-order valence-electron chi connectivity index (χ3n) is 3.84. The molecule has 0 aromatic carbocycles. The van der Waals surface area contributed by atoms with Gasteiger partial charge >= 0.3 is 6.03 Å². The van der Waals surface area contributed by atoms with E-state index in [1.165, 1.54) is 25.7 Å². The molecule has 2 amide bonds. The molecule has 0 radical (unpaired) electrons. The standard InChI is InChI=1S/C10H17N3O/c1-10-6-2-3-7(10)4-5-8(10)12-13-9(11)14/h7H,2-6H2,1H3,(H3,11,13,14)/b12-8+. The topological polar surface area (TPSA) is 67.5 Å². The van der Waals surface area contributed by atoms with E-state index in [9.17, 15) is 4.79 Å². The normalized spacial score (nSPS) is 38.6. The summed E-state index contributed by atoms with van der Waals surface area (Å²) in [5.41, 5.74) is 8.72. The Balaban J connectivity index is 2.13. The maximum Gasteiger partial charge on any atom is 0.332 e. The van der Waals surface area contributed by atoms with Gasteiger partial charge in [-0.1, -0.05) is 13.3 Å². The van der Waals surface area contributed by atoms with E-state index in [-0.39, 0.29) is 5.41 Å². The summed E-state index contributed by atoms with van der Waals surface area (Å²) in [6.07, 6.45) is 6.04. The Bertz CT molecular complexity index is 287. The number of carbonyl (C=O) groups is 1. The molecule has 2 unspecified atom stereocenters. The molecule has 14 heavy (non-hydrogen) atoms. The average Bonchev–Trinajstić information content (AvgIpc) is 2.58. The van der Waals surface area contributed by atoms with Gasteiger partial charge in [0.25, 0.3) is 0 Å². The van der Waals surface area contributed by atoms with Crippen LogP contribution >= 0.6 is 0 Å². The van der Waals surface area contributed by atoms with E-state index in [0.29, 0.717) is 0 Å². The van der Waals surface area contributed by atoms with Gasteiger partial charge in [0.1, 0.15) is 0 Å². The molecule has 4 heteroatoms. The predicted octanol–water partition coefficient (Wildman–Crippen LogP) is 1.61. The molecule has 2 aliphatic rings. The first kappa shape index (κ1) is 9.49. The first-order chi connectivity index (χ1) is 6.63. The van der Waals surface area contributed by atoms with Crippen LogP contribution in [0.3, 0.4) is 0 Å². The van der Waals surface area contributed by atoms with Crippen LogP contribution in [-0.4, -0.2) is 11.7 Å². The van der Waals surface area contributed by atoms with Gasteiger partial charge in [-0.05, 0) is 31.6 Å². The Morgan fingerprint density at radius 1 is 1.64 bits per heavy atom. The smallest absolute Gasteiger partial charge is 0.332 e. The summed E-state index contributed by atoms with van der Waals surface area (Å²) in [7, 11) is 0. The first-order valence-electron chi connectivity index (χ1n) is 5.25. The zero-order valence-electron chi connectivity index (χ0n) is 8.55. The predicted molar refractivity (Wildman–Crippen MR) is 54.8 cm³/mol. The summed E-state index contributed by atoms with van der Waals surface area (Å²) >= 11 is 0. The van der Waals surface area contributed by atoms with E-state index in [2.05, 4.69) is 17.5 Å². The molecule has 78 valence electrons. The third-order valence-corrected chi connectivity index (χ3v) is 3.84. The maximum atomic E-state index is 10.6. The molecule has 0 heterocycles. The second kappa shape index (κ2) is 3.26. The van der Waals surface area contributed by atoms with Crippen molar-refractivity contribution in [3.8, 4) is 0 Å². The fourth-order valence-electron chi connectivity index (χ4n) is 2.98. The fraction of sp³-hybridized carbons (Fsp3) is 0.800. The second-order valence-corrected chi connectivity index (χ2v) is 4.58. The molecule has 2 aliphatic carbocycles. The number of urea groups is 1. The van der Waals surface area contributed by atoms with Crippen molar-refractivity contribution >= 4 is 11.7 Å². The highest BCUT2D eigenvalue weighted by Gasteiger charge is 2.47. The van der Waals surface area contributed by atoms with Crippen LogP contribution in [0.5, 0.6) is 0 Å². The number of nitrogens with two attached hydrogens (primary N) is 1. The van der Waals surface area contributed by atoms with Crippen molar-refractivity contribution in [2.75, 3.05) is 0 Å². The lowest BCUT2D eigenvalue weighted by molar-refractivity contribution is 0.249. The molecule has 0 aliphatic heterocycles. The highest BCUT2D eigenvalue weighted by Crippen LogP contribution is 2.51. The van der Waals surface area contributed by atoms with Crippen molar-refractivity contribution in [3.05, 3.63) is 0 Å². The summed E-state index contributed by atoms with van der Waals surface area (Å²) in [6, 6.07) is -0.567. The van der Waals surface area contributed by atoms with Crippen molar-refractivity contribution in [3.63, 3.8) is 0 Å². The van der Waals surface area contributed by atoms with Crippen LogP contribution in [0.4, 0.5) is 4.79 Å². The van der Waals surface area contributed by atoms with Crippen LogP contribution in [0.1, 0.15) is 39.0 Å². The first-order valence-corrected chi connectivity index (χ1v) is 5.25. The number of hydrogen-bond acceptors (Lipinski definition) is 2. The molecule has 2 atom stereocenters. The minimum Gasteiger partial charge on any atom is -0.350 e. The molecule has 4 nitrogen and oxygen atoms in total. The molecule has 2 saturated carbocycles. The Morgan fingerprint density at radius 2 is 2.43 bits per heavy atom. The number of hydrogen-bond donors (Lipinski definition) is 2. The molecular formula is C10H17N3O. The van der Waals surface area contributed by atoms with E-state index >= 15 is 0 Å². The lowest BCUT2D eigenvalue weighted by atomic mass is 9.81. The van der Waals surface area contributed by atoms with E-state index in [0.717, 1.165) is 18.1 Å². The van der Waals surface area contributed by atoms with Crippen molar-refractivity contribution in [2.45, 2.75) is 39.0 Å². The Hall–Kier alpha value is -1.06. The van der Waals surface area contributed by atoms with Crippen LogP contribution < -0.4 is 11.2 Å². The van der Waals surface area contributed by atoms with Gasteiger partial charge in [-0.25, -0.2) is 10.2 Å². The van der Waals surface area contributed by atoms with Crippen molar-refractivity contribution in [1.29, 1.82) is 0 Å². The van der Waals surface area contributed by atoms with Crippen LogP contribution in [0.2, 0.25) is 0 Å². The summed E-state index contributed by atoms with van der Waals surface area (Å²) in [4.78, 5) is 10.6. The van der Waals surface area contributed by atoms with Gasteiger partial charge in [-0.15, -0.1) is 0 Å². The van der Waals surface area contributed by atoms with Crippen LogP contribution in [0, 0.1) is 11.3 Å². The quantitative estimate of drug-likeness (QED) is 0.613. The minimum atomic E-state index is -0.567. The monoisotopic (exact) mass is 195 g/mol. The lowest BCUT2D eigenvalue weighted by Gasteiger charge is -2.24. The van der Waals surface area contributed by atoms with Crippen LogP contribution in [-0.2, 0) is 0 Å². The van der Waals surface area contributed by atoms with Crippen LogP contribution in [0.25, 0.3) is 0 Å². The molecule has 3 N–H and O–H groups in total. The van der Waals surface area contributed by atoms with Gasteiger partial charge in [-0.2, -0.15) is 5.10 Å². The summed E-state index contributed by atoms with van der Waals surface area (Å²) in [5.74, 6) is 0.774. The number of nitrogens with one attached hydrogen (secondary N) is 1. The van der Waals surface area contributed by atoms with Gasteiger partial charge in [-0.3, -0.25) is 0 Å². The molecule has 2 fully saturated rings. The van der Waals surface area contributed by atoms with Gasteiger partial charge in [0.05, 0.1) is 0 Å². The van der Waals surface area contributed by atoms with Gasteiger partial charge in [0.15, 0.2) is 0 Å². The number of primary amides is 1. The second-order valence-electron chi connectivity index (χ2n) is 4.58. The molecular weight excluding hydrogens is 178 g/mol. The van der Waals surface area contributed by atoms with Gasteiger partial charge in [0.2, 0.25) is 0 Å². The molecule has 0 spiro atoms. The molecule has 2 rings (SSSR count). The third kappa shape index (κ3) is 1.38. The highest BCUT2D eigenvalue weighted by molar-refractivity contribution is 5.93. The van der Waals surface area contributed by atoms with Crippen molar-refractivity contribution in [1.82, 2.24) is 5.43 Å². The zero-order chi connectivity index (χ0) is 10.2. The fourth-order valence-corrected chi connectivity index (χ4v) is 2.98. The SMILES string of the molecule is CC12CCCC1CC/C2=N\NC(N)=O. The number of rotatable bonds is 1. The summed E-state index contributed by atoms with van der Waals surface area (Å²) < 4.78 is 0. The van der Waals surface area contributed by atoms with E-state index in [1.54, 1.807) is 0 Å². The summed E-state index contributed by atoms with van der Waals surface area (Å²) in [5, 5.41) is 4.13. The number of hydrazone groups is 1. The van der Waals surface area contributed by atoms with E-state index < -0.39 is 6.03 Å². The number of amides is 2.